The molecule has 0 bridgehead atoms. The van der Waals surface area contributed by atoms with Crippen molar-refractivity contribution in [2.24, 2.45) is 4.99 Å². The number of hydrogen-bond donors (Lipinski definition) is 1. The number of hydrogen-bond acceptors (Lipinski definition) is 5. The fourth-order valence-electron chi connectivity index (χ4n) is 4.99. The highest BCUT2D eigenvalue weighted by molar-refractivity contribution is 14.0. The molecule has 1 amide bonds. The van der Waals surface area contributed by atoms with Gasteiger partial charge in [0.25, 0.3) is 0 Å². The predicted molar refractivity (Wildman–Crippen MR) is 141 cm³/mol. The number of rotatable bonds is 6. The smallest absolute Gasteiger partial charge is 0.239 e. The van der Waals surface area contributed by atoms with Crippen LogP contribution >= 0.6 is 24.0 Å². The first kappa shape index (κ1) is 26.0. The molecule has 2 aliphatic heterocycles. The van der Waals surface area contributed by atoms with Crippen molar-refractivity contribution in [2.45, 2.75) is 64.1 Å². The topological polar surface area (TPSA) is 73.3 Å². The number of aromatic nitrogens is 1. The van der Waals surface area contributed by atoms with Crippen LogP contribution < -0.4 is 10.1 Å². The Hall–Kier alpha value is -1.62. The summed E-state index contributed by atoms with van der Waals surface area (Å²) in [5, 5.41) is 3.49. The molecule has 0 radical (unpaired) electrons. The monoisotopic (exact) mass is 570 g/mol. The number of pyridine rings is 1. The van der Waals surface area contributed by atoms with Crippen LogP contribution in [0.15, 0.2) is 23.3 Å². The van der Waals surface area contributed by atoms with Crippen LogP contribution in [0, 0.1) is 0 Å². The van der Waals surface area contributed by atoms with Gasteiger partial charge in [-0.15, -0.1) is 24.0 Å². The first-order valence-corrected chi connectivity index (χ1v) is 12.2. The number of ether oxygens (including phenoxy) is 1. The maximum Gasteiger partial charge on any atom is 0.239 e. The number of nitrogens with one attached hydrogen (secondary N) is 1. The highest BCUT2D eigenvalue weighted by Gasteiger charge is 2.30. The average molecular weight is 571 g/mol. The molecule has 184 valence electrons. The molecular formula is C24H39IN6O2. The Balaban J connectivity index is 0.00000306. The second-order valence-electron chi connectivity index (χ2n) is 9.16. The quantitative estimate of drug-likeness (QED) is 0.322. The van der Waals surface area contributed by atoms with E-state index in [4.69, 9.17) is 4.74 Å². The summed E-state index contributed by atoms with van der Waals surface area (Å²) in [6, 6.07) is 4.01. The maximum atomic E-state index is 12.7. The maximum absolute atomic E-state index is 12.7. The van der Waals surface area contributed by atoms with Crippen molar-refractivity contribution in [2.75, 3.05) is 46.3 Å². The third kappa shape index (κ3) is 6.94. The second kappa shape index (κ2) is 12.7. The highest BCUT2D eigenvalue weighted by atomic mass is 127. The zero-order valence-electron chi connectivity index (χ0n) is 20.0. The average Bonchev–Trinajstić information content (AvgIpc) is 3.54. The molecule has 0 spiro atoms. The number of halogens is 1. The van der Waals surface area contributed by atoms with Crippen LogP contribution in [0.2, 0.25) is 0 Å². The van der Waals surface area contributed by atoms with Gasteiger partial charge in [0.05, 0.1) is 6.04 Å². The van der Waals surface area contributed by atoms with Gasteiger partial charge in [0.15, 0.2) is 5.96 Å². The molecule has 2 saturated heterocycles. The first-order valence-electron chi connectivity index (χ1n) is 12.2. The molecule has 9 heteroatoms. The normalized spacial score (nSPS) is 21.1. The van der Waals surface area contributed by atoms with E-state index in [1.54, 1.807) is 0 Å². The molecule has 1 atom stereocenters. The van der Waals surface area contributed by atoms with E-state index < -0.39 is 0 Å². The Bertz CT molecular complexity index is 787. The van der Waals surface area contributed by atoms with E-state index in [0.717, 1.165) is 82.4 Å². The molecule has 1 saturated carbocycles. The zero-order valence-corrected chi connectivity index (χ0v) is 22.4. The molecule has 1 unspecified atom stereocenters. The van der Waals surface area contributed by atoms with Crippen molar-refractivity contribution in [1.29, 1.82) is 0 Å². The van der Waals surface area contributed by atoms with E-state index in [2.05, 4.69) is 32.0 Å². The fourth-order valence-corrected chi connectivity index (χ4v) is 4.99. The molecule has 4 rings (SSSR count). The number of piperazine rings is 1. The van der Waals surface area contributed by atoms with E-state index in [9.17, 15) is 4.79 Å². The van der Waals surface area contributed by atoms with Crippen LogP contribution in [0.3, 0.4) is 0 Å². The Kier molecular flexibility index (Phi) is 10.0. The predicted octanol–water partition coefficient (Wildman–Crippen LogP) is 2.72. The van der Waals surface area contributed by atoms with Crippen molar-refractivity contribution < 1.29 is 9.53 Å². The standard InChI is InChI=1S/C24H38N6O2.HI/c1-19(23(31)29-11-5-6-12-29)28-13-15-30(16-14-28)24(25-2)27-18-20-9-10-26-22(17-20)32-21-7-3-4-8-21;/h9-10,17,19,21H,3-8,11-16,18H2,1-2H3,(H,25,27);1H. The minimum absolute atomic E-state index is 0. The lowest BCUT2D eigenvalue weighted by Gasteiger charge is -2.39. The minimum atomic E-state index is -0.0414. The van der Waals surface area contributed by atoms with Crippen molar-refractivity contribution in [3.05, 3.63) is 23.9 Å². The van der Waals surface area contributed by atoms with Gasteiger partial charge in [-0.2, -0.15) is 0 Å². The number of carbonyl (C=O) groups excluding carboxylic acids is 1. The van der Waals surface area contributed by atoms with Crippen molar-refractivity contribution in [3.63, 3.8) is 0 Å². The molecule has 3 heterocycles. The lowest BCUT2D eigenvalue weighted by molar-refractivity contribution is -0.135. The molecule has 3 aliphatic rings. The fraction of sp³-hybridized carbons (Fsp3) is 0.708. The van der Waals surface area contributed by atoms with Gasteiger partial charge in [-0.05, 0) is 57.1 Å². The van der Waals surface area contributed by atoms with Crippen LogP contribution in [-0.2, 0) is 11.3 Å². The van der Waals surface area contributed by atoms with E-state index in [1.807, 2.05) is 30.3 Å². The molecule has 33 heavy (non-hydrogen) atoms. The molecular weight excluding hydrogens is 531 g/mol. The second-order valence-corrected chi connectivity index (χ2v) is 9.16. The SMILES string of the molecule is CN=C(NCc1ccnc(OC2CCCC2)c1)N1CCN(C(C)C(=O)N2CCCC2)CC1.I. The molecule has 1 aromatic rings. The van der Waals surface area contributed by atoms with Gasteiger partial charge < -0.3 is 19.9 Å². The Morgan fingerprint density at radius 1 is 1.12 bits per heavy atom. The van der Waals surface area contributed by atoms with Crippen molar-refractivity contribution in [1.82, 2.24) is 25.0 Å². The van der Waals surface area contributed by atoms with Crippen LogP contribution in [0.1, 0.15) is 51.0 Å². The van der Waals surface area contributed by atoms with Gasteiger partial charge in [-0.3, -0.25) is 14.7 Å². The van der Waals surface area contributed by atoms with E-state index in [-0.39, 0.29) is 35.9 Å². The summed E-state index contributed by atoms with van der Waals surface area (Å²) in [5.41, 5.74) is 1.14. The van der Waals surface area contributed by atoms with Gasteiger partial charge in [0.1, 0.15) is 6.10 Å². The van der Waals surface area contributed by atoms with Gasteiger partial charge in [-0.1, -0.05) is 0 Å². The van der Waals surface area contributed by atoms with E-state index in [1.165, 1.54) is 12.8 Å². The number of nitrogens with zero attached hydrogens (tertiary/aromatic N) is 5. The zero-order chi connectivity index (χ0) is 22.3. The van der Waals surface area contributed by atoms with Gasteiger partial charge in [0.2, 0.25) is 11.8 Å². The van der Waals surface area contributed by atoms with Crippen LogP contribution in [0.4, 0.5) is 0 Å². The molecule has 1 aromatic heterocycles. The molecule has 8 nitrogen and oxygen atoms in total. The number of guanidine groups is 1. The third-order valence-corrected chi connectivity index (χ3v) is 6.99. The number of likely N-dealkylation sites (tertiary alicyclic amines) is 1. The van der Waals surface area contributed by atoms with Crippen molar-refractivity contribution in [3.8, 4) is 5.88 Å². The Labute approximate surface area is 215 Å². The summed E-state index contributed by atoms with van der Waals surface area (Å²) in [4.78, 5) is 28.2. The molecule has 1 aliphatic carbocycles. The summed E-state index contributed by atoms with van der Waals surface area (Å²) in [6.07, 6.45) is 9.17. The number of amides is 1. The Morgan fingerprint density at radius 3 is 2.48 bits per heavy atom. The molecule has 0 aromatic carbocycles. The summed E-state index contributed by atoms with van der Waals surface area (Å²) >= 11 is 0. The lowest BCUT2D eigenvalue weighted by atomic mass is 10.2. The van der Waals surface area contributed by atoms with E-state index in [0.29, 0.717) is 12.6 Å². The Morgan fingerprint density at radius 2 is 1.82 bits per heavy atom. The molecule has 3 fully saturated rings. The number of aliphatic imine (C=N–C) groups is 1. The van der Waals surface area contributed by atoms with Crippen LogP contribution in [0.25, 0.3) is 0 Å². The van der Waals surface area contributed by atoms with Gasteiger partial charge in [0, 0.05) is 65.1 Å². The van der Waals surface area contributed by atoms with Crippen molar-refractivity contribution >= 4 is 35.8 Å². The number of carbonyl (C=O) groups is 1. The summed E-state index contributed by atoms with van der Waals surface area (Å²) in [5.74, 6) is 1.90. The molecule has 1 N–H and O–H groups in total. The van der Waals surface area contributed by atoms with Crippen LogP contribution in [0.5, 0.6) is 5.88 Å². The van der Waals surface area contributed by atoms with Gasteiger partial charge >= 0.3 is 0 Å². The summed E-state index contributed by atoms with van der Waals surface area (Å²) in [6.45, 7) is 8.04. The first-order chi connectivity index (χ1) is 15.6. The summed E-state index contributed by atoms with van der Waals surface area (Å²) in [7, 11) is 1.83. The van der Waals surface area contributed by atoms with Gasteiger partial charge in [-0.25, -0.2) is 4.98 Å². The van der Waals surface area contributed by atoms with Crippen LogP contribution in [-0.4, -0.2) is 90.0 Å². The summed E-state index contributed by atoms with van der Waals surface area (Å²) < 4.78 is 6.04. The highest BCUT2D eigenvalue weighted by Crippen LogP contribution is 2.23. The third-order valence-electron chi connectivity index (χ3n) is 6.99. The lowest BCUT2D eigenvalue weighted by Crippen LogP contribution is -2.57. The minimum Gasteiger partial charge on any atom is -0.474 e. The van der Waals surface area contributed by atoms with E-state index >= 15 is 0 Å². The largest absolute Gasteiger partial charge is 0.474 e.